The van der Waals surface area contributed by atoms with E-state index in [2.05, 4.69) is 10.2 Å². The molecule has 0 saturated heterocycles. The molecule has 0 aliphatic rings. The van der Waals surface area contributed by atoms with E-state index in [1.165, 1.54) is 0 Å². The highest BCUT2D eigenvalue weighted by Gasteiger charge is 2.00. The largest absolute Gasteiger partial charge is 0.399 e. The molecule has 1 aromatic carbocycles. The molecule has 1 heterocycles. The van der Waals surface area contributed by atoms with Crippen molar-refractivity contribution < 1.29 is 0 Å². The summed E-state index contributed by atoms with van der Waals surface area (Å²) in [5, 5.41) is 7.22. The number of aromatic amines is 1. The lowest BCUT2D eigenvalue weighted by Gasteiger charge is -2.00. The summed E-state index contributed by atoms with van der Waals surface area (Å²) in [6.45, 7) is 0. The zero-order chi connectivity index (χ0) is 9.26. The Labute approximate surface area is 80.5 Å². The summed E-state index contributed by atoms with van der Waals surface area (Å²) in [4.78, 5) is 0. The molecule has 1 aromatic heterocycles. The Morgan fingerprint density at radius 2 is 2.08 bits per heavy atom. The molecule has 0 atom stereocenters. The van der Waals surface area contributed by atoms with Crippen molar-refractivity contribution in [2.24, 2.45) is 0 Å². The van der Waals surface area contributed by atoms with E-state index in [1.54, 1.807) is 18.5 Å². The summed E-state index contributed by atoms with van der Waals surface area (Å²) in [6, 6.07) is 5.42. The van der Waals surface area contributed by atoms with Gasteiger partial charge in [-0.25, -0.2) is 0 Å². The molecule has 66 valence electrons. The highest BCUT2D eigenvalue weighted by atomic mass is 35.5. The molecule has 0 aliphatic carbocycles. The minimum Gasteiger partial charge on any atom is -0.399 e. The SMILES string of the molecule is Nc1cc(Cl)cc(-c2cn[nH]c2)c1. The van der Waals surface area contributed by atoms with Gasteiger partial charge in [-0.05, 0) is 23.8 Å². The van der Waals surface area contributed by atoms with Gasteiger partial charge in [0.2, 0.25) is 0 Å². The highest BCUT2D eigenvalue weighted by Crippen LogP contribution is 2.24. The molecule has 0 saturated carbocycles. The van der Waals surface area contributed by atoms with E-state index in [-0.39, 0.29) is 0 Å². The summed E-state index contributed by atoms with van der Waals surface area (Å²) in [5.74, 6) is 0. The molecule has 13 heavy (non-hydrogen) atoms. The number of hydrogen-bond donors (Lipinski definition) is 2. The van der Waals surface area contributed by atoms with E-state index in [0.29, 0.717) is 10.7 Å². The van der Waals surface area contributed by atoms with E-state index in [1.807, 2.05) is 12.1 Å². The Balaban J connectivity index is 2.53. The van der Waals surface area contributed by atoms with Gasteiger partial charge in [0.15, 0.2) is 0 Å². The fourth-order valence-electron chi connectivity index (χ4n) is 1.19. The summed E-state index contributed by atoms with van der Waals surface area (Å²) >= 11 is 5.86. The van der Waals surface area contributed by atoms with Gasteiger partial charge in [0.05, 0.1) is 6.20 Å². The van der Waals surface area contributed by atoms with Crippen molar-refractivity contribution in [2.45, 2.75) is 0 Å². The van der Waals surface area contributed by atoms with Gasteiger partial charge in [-0.2, -0.15) is 5.10 Å². The van der Waals surface area contributed by atoms with Gasteiger partial charge >= 0.3 is 0 Å². The smallest absolute Gasteiger partial charge is 0.0565 e. The second kappa shape index (κ2) is 3.11. The van der Waals surface area contributed by atoms with Gasteiger partial charge in [-0.1, -0.05) is 11.6 Å². The quantitative estimate of drug-likeness (QED) is 0.683. The van der Waals surface area contributed by atoms with Crippen LogP contribution in [0.3, 0.4) is 0 Å². The number of hydrogen-bond acceptors (Lipinski definition) is 2. The molecule has 0 aliphatic heterocycles. The van der Waals surface area contributed by atoms with Gasteiger partial charge in [-0.3, -0.25) is 5.10 Å². The number of aromatic nitrogens is 2. The average molecular weight is 194 g/mol. The van der Waals surface area contributed by atoms with E-state index in [9.17, 15) is 0 Å². The van der Waals surface area contributed by atoms with Gasteiger partial charge in [-0.15, -0.1) is 0 Å². The van der Waals surface area contributed by atoms with Crippen LogP contribution < -0.4 is 5.73 Å². The molecule has 2 rings (SSSR count). The second-order valence-electron chi connectivity index (χ2n) is 2.76. The molecular weight excluding hydrogens is 186 g/mol. The third-order valence-electron chi connectivity index (χ3n) is 1.75. The number of nitrogens with one attached hydrogen (secondary N) is 1. The Morgan fingerprint density at radius 3 is 2.69 bits per heavy atom. The number of halogens is 1. The lowest BCUT2D eigenvalue weighted by atomic mass is 10.1. The number of nitrogens with two attached hydrogens (primary N) is 1. The first kappa shape index (κ1) is 8.13. The third-order valence-corrected chi connectivity index (χ3v) is 1.97. The predicted octanol–water partition coefficient (Wildman–Crippen LogP) is 2.31. The van der Waals surface area contributed by atoms with E-state index >= 15 is 0 Å². The van der Waals surface area contributed by atoms with Crippen molar-refractivity contribution in [1.29, 1.82) is 0 Å². The fourth-order valence-corrected chi connectivity index (χ4v) is 1.43. The number of H-pyrrole nitrogens is 1. The Bertz CT molecular complexity index is 389. The number of benzene rings is 1. The third kappa shape index (κ3) is 1.65. The van der Waals surface area contributed by atoms with Crippen LogP contribution >= 0.6 is 11.6 Å². The second-order valence-corrected chi connectivity index (χ2v) is 3.20. The van der Waals surface area contributed by atoms with Crippen molar-refractivity contribution in [3.8, 4) is 11.1 Å². The number of anilines is 1. The van der Waals surface area contributed by atoms with Crippen LogP contribution in [0.25, 0.3) is 11.1 Å². The van der Waals surface area contributed by atoms with Gasteiger partial charge < -0.3 is 5.73 Å². The van der Waals surface area contributed by atoms with Gasteiger partial charge in [0.25, 0.3) is 0 Å². The summed E-state index contributed by atoms with van der Waals surface area (Å²) in [6.07, 6.45) is 3.52. The van der Waals surface area contributed by atoms with Crippen molar-refractivity contribution in [1.82, 2.24) is 10.2 Å². The molecule has 0 spiro atoms. The number of rotatable bonds is 1. The summed E-state index contributed by atoms with van der Waals surface area (Å²) in [5.41, 5.74) is 8.26. The maximum absolute atomic E-state index is 5.86. The van der Waals surface area contributed by atoms with Crippen LogP contribution in [-0.4, -0.2) is 10.2 Å². The molecule has 4 heteroatoms. The number of nitrogens with zero attached hydrogens (tertiary/aromatic N) is 1. The van der Waals surface area contributed by atoms with Gasteiger partial charge in [0, 0.05) is 22.5 Å². The fraction of sp³-hybridized carbons (Fsp3) is 0. The Morgan fingerprint density at radius 1 is 1.23 bits per heavy atom. The summed E-state index contributed by atoms with van der Waals surface area (Å²) in [7, 11) is 0. The first-order chi connectivity index (χ1) is 6.25. The first-order valence-corrected chi connectivity index (χ1v) is 4.19. The van der Waals surface area contributed by atoms with E-state index in [4.69, 9.17) is 17.3 Å². The molecule has 0 radical (unpaired) electrons. The Hall–Kier alpha value is -1.48. The molecule has 0 amide bonds. The average Bonchev–Trinajstić information content (AvgIpc) is 2.53. The highest BCUT2D eigenvalue weighted by molar-refractivity contribution is 6.31. The molecule has 3 N–H and O–H groups in total. The maximum atomic E-state index is 5.86. The predicted molar refractivity (Wildman–Crippen MR) is 53.4 cm³/mol. The zero-order valence-corrected chi connectivity index (χ0v) is 7.55. The lowest BCUT2D eigenvalue weighted by Crippen LogP contribution is -1.85. The minimum absolute atomic E-state index is 0.635. The topological polar surface area (TPSA) is 54.7 Å². The zero-order valence-electron chi connectivity index (χ0n) is 6.79. The van der Waals surface area contributed by atoms with Crippen LogP contribution in [0, 0.1) is 0 Å². The van der Waals surface area contributed by atoms with Crippen LogP contribution in [0.1, 0.15) is 0 Å². The molecule has 0 unspecified atom stereocenters. The van der Waals surface area contributed by atoms with Crippen LogP contribution in [0.4, 0.5) is 5.69 Å². The first-order valence-electron chi connectivity index (χ1n) is 3.81. The standard InChI is InChI=1S/C9H8ClN3/c10-8-1-6(2-9(11)3-8)7-4-12-13-5-7/h1-5H,11H2,(H,12,13). The number of nitrogen functional groups attached to an aromatic ring is 1. The van der Waals surface area contributed by atoms with Crippen molar-refractivity contribution in [2.75, 3.05) is 5.73 Å². The lowest BCUT2D eigenvalue weighted by molar-refractivity contribution is 1.09. The minimum atomic E-state index is 0.635. The van der Waals surface area contributed by atoms with Crippen molar-refractivity contribution >= 4 is 17.3 Å². The monoisotopic (exact) mass is 193 g/mol. The normalized spacial score (nSPS) is 10.2. The maximum Gasteiger partial charge on any atom is 0.0565 e. The van der Waals surface area contributed by atoms with Crippen LogP contribution in [-0.2, 0) is 0 Å². The summed E-state index contributed by atoms with van der Waals surface area (Å²) < 4.78 is 0. The van der Waals surface area contributed by atoms with E-state index < -0.39 is 0 Å². The molecule has 0 fully saturated rings. The molecule has 2 aromatic rings. The van der Waals surface area contributed by atoms with E-state index in [0.717, 1.165) is 11.1 Å². The molecular formula is C9H8ClN3. The van der Waals surface area contributed by atoms with Crippen molar-refractivity contribution in [3.05, 3.63) is 35.6 Å². The van der Waals surface area contributed by atoms with Crippen LogP contribution in [0.5, 0.6) is 0 Å². The van der Waals surface area contributed by atoms with Crippen molar-refractivity contribution in [3.63, 3.8) is 0 Å². The van der Waals surface area contributed by atoms with Crippen LogP contribution in [0.15, 0.2) is 30.6 Å². The molecule has 3 nitrogen and oxygen atoms in total. The van der Waals surface area contributed by atoms with Gasteiger partial charge in [0.1, 0.15) is 0 Å². The van der Waals surface area contributed by atoms with Crippen LogP contribution in [0.2, 0.25) is 5.02 Å². The molecule has 0 bridgehead atoms. The Kier molecular flexibility index (Phi) is 1.94.